The lowest BCUT2D eigenvalue weighted by atomic mass is 10.1. The molecule has 1 aliphatic rings. The van der Waals surface area contributed by atoms with Gasteiger partial charge in [-0.15, -0.1) is 0 Å². The van der Waals surface area contributed by atoms with Gasteiger partial charge in [-0.1, -0.05) is 0 Å². The Morgan fingerprint density at radius 2 is 2.27 bits per heavy atom. The van der Waals surface area contributed by atoms with Gasteiger partial charge in [0.15, 0.2) is 0 Å². The summed E-state index contributed by atoms with van der Waals surface area (Å²) in [5.41, 5.74) is 2.54. The molecule has 0 aromatic carbocycles. The van der Waals surface area contributed by atoms with Crippen LogP contribution in [0.3, 0.4) is 0 Å². The van der Waals surface area contributed by atoms with Crippen LogP contribution in [0.25, 0.3) is 0 Å². The number of imidazole rings is 1. The maximum Gasteiger partial charge on any atom is 0.105 e. The van der Waals surface area contributed by atoms with Crippen molar-refractivity contribution >= 4 is 0 Å². The van der Waals surface area contributed by atoms with E-state index in [1.54, 1.807) is 0 Å². The largest absolute Gasteiger partial charge is 0.395 e. The summed E-state index contributed by atoms with van der Waals surface area (Å²) in [6, 6.07) is 0.237. The van der Waals surface area contributed by atoms with Gasteiger partial charge < -0.3 is 9.67 Å². The molecule has 0 radical (unpaired) electrons. The number of aliphatic hydroxyl groups is 1. The lowest BCUT2D eigenvalue weighted by molar-refractivity contribution is 0.121. The Morgan fingerprint density at radius 3 is 2.93 bits per heavy atom. The van der Waals surface area contributed by atoms with Crippen LogP contribution in [0.5, 0.6) is 0 Å². The van der Waals surface area contributed by atoms with Crippen molar-refractivity contribution in [2.24, 2.45) is 7.05 Å². The standard InChI is InChI=1S/C11H19N3O/c1-8(7-15)14-5-4-11-10(6-14)12-9(2)13(11)3/h8,15H,4-7H2,1-3H3. The van der Waals surface area contributed by atoms with Gasteiger partial charge in [0, 0.05) is 38.3 Å². The number of nitrogens with zero attached hydrogens (tertiary/aromatic N) is 3. The molecule has 0 saturated carbocycles. The van der Waals surface area contributed by atoms with E-state index in [2.05, 4.69) is 28.4 Å². The number of hydrogen-bond donors (Lipinski definition) is 1. The van der Waals surface area contributed by atoms with Crippen LogP contribution in [0, 0.1) is 6.92 Å². The monoisotopic (exact) mass is 209 g/mol. The average Bonchev–Trinajstić information content (AvgIpc) is 2.53. The molecule has 15 heavy (non-hydrogen) atoms. The molecule has 1 aromatic heterocycles. The van der Waals surface area contributed by atoms with Crippen molar-refractivity contribution in [3.05, 3.63) is 17.2 Å². The lowest BCUT2D eigenvalue weighted by Gasteiger charge is -2.30. The maximum absolute atomic E-state index is 9.13. The summed E-state index contributed by atoms with van der Waals surface area (Å²) in [4.78, 5) is 6.84. The second-order valence-electron chi connectivity index (χ2n) is 4.36. The van der Waals surface area contributed by atoms with Crippen molar-refractivity contribution < 1.29 is 5.11 Å². The second-order valence-corrected chi connectivity index (χ2v) is 4.36. The summed E-state index contributed by atoms with van der Waals surface area (Å²) >= 11 is 0. The van der Waals surface area contributed by atoms with E-state index in [1.807, 2.05) is 6.92 Å². The van der Waals surface area contributed by atoms with E-state index in [-0.39, 0.29) is 12.6 Å². The van der Waals surface area contributed by atoms with Crippen LogP contribution in [-0.2, 0) is 20.0 Å². The first-order valence-electron chi connectivity index (χ1n) is 5.49. The van der Waals surface area contributed by atoms with Crippen molar-refractivity contribution in [3.63, 3.8) is 0 Å². The van der Waals surface area contributed by atoms with E-state index >= 15 is 0 Å². The highest BCUT2D eigenvalue weighted by Crippen LogP contribution is 2.20. The predicted molar refractivity (Wildman–Crippen MR) is 58.6 cm³/mol. The normalized spacial score (nSPS) is 18.9. The number of rotatable bonds is 2. The highest BCUT2D eigenvalue weighted by molar-refractivity contribution is 5.19. The van der Waals surface area contributed by atoms with Crippen molar-refractivity contribution in [2.45, 2.75) is 32.9 Å². The Kier molecular flexibility index (Phi) is 2.80. The van der Waals surface area contributed by atoms with Crippen molar-refractivity contribution in [1.29, 1.82) is 0 Å². The Morgan fingerprint density at radius 1 is 1.53 bits per heavy atom. The minimum atomic E-state index is 0.223. The molecule has 0 amide bonds. The van der Waals surface area contributed by atoms with Crippen molar-refractivity contribution in [2.75, 3.05) is 13.2 Å². The Labute approximate surface area is 90.5 Å². The van der Waals surface area contributed by atoms with Crippen LogP contribution in [-0.4, -0.2) is 38.8 Å². The molecule has 0 aliphatic carbocycles. The van der Waals surface area contributed by atoms with Gasteiger partial charge >= 0.3 is 0 Å². The second kappa shape index (κ2) is 3.94. The summed E-state index contributed by atoms with van der Waals surface area (Å²) in [6.07, 6.45) is 1.04. The molecule has 4 heteroatoms. The molecule has 0 saturated heterocycles. The van der Waals surface area contributed by atoms with Gasteiger partial charge in [-0.25, -0.2) is 4.98 Å². The molecule has 0 spiro atoms. The van der Waals surface area contributed by atoms with Gasteiger partial charge in [-0.2, -0.15) is 0 Å². The Hall–Kier alpha value is -0.870. The molecule has 1 aromatic rings. The molecule has 1 unspecified atom stereocenters. The van der Waals surface area contributed by atoms with Gasteiger partial charge in [-0.3, -0.25) is 4.90 Å². The van der Waals surface area contributed by atoms with E-state index < -0.39 is 0 Å². The van der Waals surface area contributed by atoms with Crippen LogP contribution >= 0.6 is 0 Å². The Balaban J connectivity index is 2.20. The predicted octanol–water partition coefficient (Wildman–Crippen LogP) is 0.467. The summed E-state index contributed by atoms with van der Waals surface area (Å²) in [5.74, 6) is 1.08. The Bertz CT molecular complexity index is 359. The average molecular weight is 209 g/mol. The van der Waals surface area contributed by atoms with Crippen molar-refractivity contribution in [3.8, 4) is 0 Å². The first-order valence-corrected chi connectivity index (χ1v) is 5.49. The van der Waals surface area contributed by atoms with E-state index in [0.29, 0.717) is 0 Å². The number of aryl methyl sites for hydroxylation is 1. The molecule has 2 heterocycles. The van der Waals surface area contributed by atoms with Gasteiger partial charge in [-0.05, 0) is 13.8 Å². The quantitative estimate of drug-likeness (QED) is 0.769. The lowest BCUT2D eigenvalue weighted by Crippen LogP contribution is -2.39. The molecule has 1 aliphatic heterocycles. The molecule has 84 valence electrons. The SMILES string of the molecule is Cc1nc2c(n1C)CCN(C(C)CO)C2. The fraction of sp³-hybridized carbons (Fsp3) is 0.727. The molecule has 2 rings (SSSR count). The topological polar surface area (TPSA) is 41.3 Å². The molecule has 4 nitrogen and oxygen atoms in total. The summed E-state index contributed by atoms with van der Waals surface area (Å²) < 4.78 is 2.18. The molecular formula is C11H19N3O. The fourth-order valence-electron chi connectivity index (χ4n) is 2.17. The van der Waals surface area contributed by atoms with Crippen LogP contribution < -0.4 is 0 Å². The van der Waals surface area contributed by atoms with Crippen LogP contribution in [0.15, 0.2) is 0 Å². The molecule has 1 atom stereocenters. The maximum atomic E-state index is 9.13. The van der Waals surface area contributed by atoms with E-state index in [9.17, 15) is 0 Å². The minimum absolute atomic E-state index is 0.223. The van der Waals surface area contributed by atoms with Gasteiger partial charge in [0.1, 0.15) is 5.82 Å². The first-order chi connectivity index (χ1) is 7.13. The van der Waals surface area contributed by atoms with Crippen LogP contribution in [0.4, 0.5) is 0 Å². The molecule has 0 bridgehead atoms. The minimum Gasteiger partial charge on any atom is -0.395 e. The highest BCUT2D eigenvalue weighted by Gasteiger charge is 2.23. The van der Waals surface area contributed by atoms with Crippen LogP contribution in [0.2, 0.25) is 0 Å². The number of aromatic nitrogens is 2. The molecular weight excluding hydrogens is 190 g/mol. The van der Waals surface area contributed by atoms with Crippen molar-refractivity contribution in [1.82, 2.24) is 14.5 Å². The van der Waals surface area contributed by atoms with Gasteiger partial charge in [0.2, 0.25) is 0 Å². The van der Waals surface area contributed by atoms with Gasteiger partial charge in [0.05, 0.1) is 12.3 Å². The van der Waals surface area contributed by atoms with E-state index in [4.69, 9.17) is 5.11 Å². The first kappa shape index (κ1) is 10.6. The van der Waals surface area contributed by atoms with E-state index in [1.165, 1.54) is 11.4 Å². The summed E-state index contributed by atoms with van der Waals surface area (Å²) in [7, 11) is 2.08. The molecule has 1 N–H and O–H groups in total. The third-order valence-corrected chi connectivity index (χ3v) is 3.40. The van der Waals surface area contributed by atoms with E-state index in [0.717, 1.165) is 25.3 Å². The zero-order chi connectivity index (χ0) is 11.0. The summed E-state index contributed by atoms with van der Waals surface area (Å²) in [6.45, 7) is 6.21. The van der Waals surface area contributed by atoms with Gasteiger partial charge in [0.25, 0.3) is 0 Å². The smallest absolute Gasteiger partial charge is 0.105 e. The third kappa shape index (κ3) is 1.79. The zero-order valence-corrected chi connectivity index (χ0v) is 9.69. The molecule has 0 fully saturated rings. The van der Waals surface area contributed by atoms with Crippen LogP contribution in [0.1, 0.15) is 24.1 Å². The fourth-order valence-corrected chi connectivity index (χ4v) is 2.17. The third-order valence-electron chi connectivity index (χ3n) is 3.40. The zero-order valence-electron chi connectivity index (χ0n) is 9.69. The summed E-state index contributed by atoms with van der Waals surface area (Å²) in [5, 5.41) is 9.13. The number of hydrogen-bond acceptors (Lipinski definition) is 3. The highest BCUT2D eigenvalue weighted by atomic mass is 16.3. The number of aliphatic hydroxyl groups excluding tert-OH is 1. The number of fused-ring (bicyclic) bond motifs is 1.